The molecule has 7 nitrogen and oxygen atoms in total. The van der Waals surface area contributed by atoms with Gasteiger partial charge in [-0.1, -0.05) is 0 Å². The Morgan fingerprint density at radius 3 is 2.59 bits per heavy atom. The number of nitro benzene ring substituents is 1. The number of amides is 1. The molecule has 0 radical (unpaired) electrons. The van der Waals surface area contributed by atoms with Crippen molar-refractivity contribution in [3.8, 4) is 0 Å². The Morgan fingerprint density at radius 1 is 1.32 bits per heavy atom. The Hall–Kier alpha value is -2.26. The zero-order valence-electron chi connectivity index (χ0n) is 10.9. The molecular formula is C13H9BrN2O5S. The van der Waals surface area contributed by atoms with Gasteiger partial charge in [-0.25, -0.2) is 4.79 Å². The first-order valence-corrected chi connectivity index (χ1v) is 7.49. The van der Waals surface area contributed by atoms with E-state index in [1.165, 1.54) is 23.5 Å². The van der Waals surface area contributed by atoms with E-state index in [4.69, 9.17) is 10.5 Å². The number of nitrogens with zero attached hydrogens (tertiary/aromatic N) is 1. The molecule has 2 aromatic rings. The number of nitro groups is 1. The average molecular weight is 385 g/mol. The Morgan fingerprint density at radius 2 is 2.05 bits per heavy atom. The molecule has 0 aliphatic rings. The number of primary amides is 1. The Balaban J connectivity index is 2.17. The van der Waals surface area contributed by atoms with E-state index >= 15 is 0 Å². The van der Waals surface area contributed by atoms with Crippen LogP contribution in [0.25, 0.3) is 0 Å². The molecule has 0 saturated carbocycles. The van der Waals surface area contributed by atoms with E-state index in [1.807, 2.05) is 0 Å². The highest BCUT2D eigenvalue weighted by Gasteiger charge is 2.18. The minimum atomic E-state index is -0.768. The fraction of sp³-hybridized carbons (Fsp3) is 0.0769. The fourth-order valence-corrected chi connectivity index (χ4v) is 2.93. The lowest BCUT2D eigenvalue weighted by molar-refractivity contribution is -0.385. The summed E-state index contributed by atoms with van der Waals surface area (Å²) < 4.78 is 5.82. The molecule has 114 valence electrons. The average Bonchev–Trinajstić information content (AvgIpc) is 2.91. The highest BCUT2D eigenvalue weighted by Crippen LogP contribution is 2.25. The number of hydrogen-bond acceptors (Lipinski definition) is 6. The van der Waals surface area contributed by atoms with Crippen molar-refractivity contribution in [2.75, 3.05) is 0 Å². The molecule has 2 rings (SSSR count). The molecule has 0 fully saturated rings. The van der Waals surface area contributed by atoms with Gasteiger partial charge in [-0.3, -0.25) is 14.9 Å². The maximum Gasteiger partial charge on any atom is 0.348 e. The molecule has 0 aliphatic carbocycles. The van der Waals surface area contributed by atoms with Gasteiger partial charge in [0, 0.05) is 11.6 Å². The molecule has 1 amide bonds. The van der Waals surface area contributed by atoms with Crippen molar-refractivity contribution >= 4 is 44.8 Å². The van der Waals surface area contributed by atoms with E-state index in [2.05, 4.69) is 15.9 Å². The molecule has 0 atom stereocenters. The number of benzene rings is 1. The first-order valence-electron chi connectivity index (χ1n) is 5.88. The summed E-state index contributed by atoms with van der Waals surface area (Å²) >= 11 is 4.42. The van der Waals surface area contributed by atoms with Crippen LogP contribution in [0.5, 0.6) is 0 Å². The van der Waals surface area contributed by atoms with E-state index in [0.29, 0.717) is 4.88 Å². The summed E-state index contributed by atoms with van der Waals surface area (Å²) in [4.78, 5) is 33.6. The summed E-state index contributed by atoms with van der Waals surface area (Å²) in [6.45, 7) is -0.274. The highest BCUT2D eigenvalue weighted by molar-refractivity contribution is 9.11. The third kappa shape index (κ3) is 3.68. The zero-order chi connectivity index (χ0) is 16.3. The van der Waals surface area contributed by atoms with Crippen molar-refractivity contribution < 1.29 is 19.2 Å². The molecule has 0 spiro atoms. The second-order valence-corrected chi connectivity index (χ2v) is 6.61. The minimum absolute atomic E-state index is 0.0176. The second kappa shape index (κ2) is 6.67. The molecule has 0 unspecified atom stereocenters. The maximum absolute atomic E-state index is 11.8. The van der Waals surface area contributed by atoms with Crippen LogP contribution in [-0.4, -0.2) is 16.8 Å². The number of ether oxygens (including phenoxy) is 1. The van der Waals surface area contributed by atoms with E-state index in [-0.39, 0.29) is 23.4 Å². The summed E-state index contributed by atoms with van der Waals surface area (Å²) in [6, 6.07) is 7.04. The molecule has 0 saturated heterocycles. The minimum Gasteiger partial charge on any atom is -0.456 e. The predicted octanol–water partition coefficient (Wildman–Crippen LogP) is 2.87. The second-order valence-electron chi connectivity index (χ2n) is 4.14. The molecule has 0 aliphatic heterocycles. The molecule has 9 heteroatoms. The van der Waals surface area contributed by atoms with Gasteiger partial charge in [-0.2, -0.15) is 0 Å². The predicted molar refractivity (Wildman–Crippen MR) is 82.8 cm³/mol. The number of nitrogens with two attached hydrogens (primary N) is 1. The third-order valence-electron chi connectivity index (χ3n) is 2.70. The smallest absolute Gasteiger partial charge is 0.348 e. The van der Waals surface area contributed by atoms with E-state index in [1.54, 1.807) is 12.1 Å². The topological polar surface area (TPSA) is 113 Å². The number of hydrogen-bond donors (Lipinski definition) is 1. The van der Waals surface area contributed by atoms with Crippen molar-refractivity contribution in [1.82, 2.24) is 0 Å². The van der Waals surface area contributed by atoms with Gasteiger partial charge in [0.1, 0.15) is 11.5 Å². The van der Waals surface area contributed by atoms with Gasteiger partial charge in [-0.05, 0) is 40.2 Å². The number of rotatable bonds is 5. The van der Waals surface area contributed by atoms with E-state index < -0.39 is 16.8 Å². The van der Waals surface area contributed by atoms with Gasteiger partial charge in [0.2, 0.25) is 5.91 Å². The van der Waals surface area contributed by atoms with Gasteiger partial charge in [-0.15, -0.1) is 11.3 Å². The van der Waals surface area contributed by atoms with Crippen molar-refractivity contribution in [2.24, 2.45) is 5.73 Å². The van der Waals surface area contributed by atoms with Gasteiger partial charge in [0.15, 0.2) is 0 Å². The molecule has 22 heavy (non-hydrogen) atoms. The van der Waals surface area contributed by atoms with E-state index in [0.717, 1.165) is 9.85 Å². The number of carbonyl (C=O) groups excluding carboxylic acids is 2. The molecular weight excluding hydrogens is 376 g/mol. The lowest BCUT2D eigenvalue weighted by Gasteiger charge is -2.05. The molecule has 1 aromatic heterocycles. The van der Waals surface area contributed by atoms with Crippen molar-refractivity contribution in [3.05, 3.63) is 60.2 Å². The SMILES string of the molecule is NC(=O)c1ccc(COC(=O)c2ccc(Br)s2)c([N+](=O)[O-])c1. The summed E-state index contributed by atoms with van der Waals surface area (Å²) in [5.74, 6) is -1.35. The van der Waals surface area contributed by atoms with Crippen LogP contribution in [-0.2, 0) is 11.3 Å². The summed E-state index contributed by atoms with van der Waals surface area (Å²) in [5, 5.41) is 11.0. The number of carbonyl (C=O) groups is 2. The van der Waals surface area contributed by atoms with Gasteiger partial charge >= 0.3 is 5.97 Å². The van der Waals surface area contributed by atoms with Crippen LogP contribution in [0.2, 0.25) is 0 Å². The zero-order valence-corrected chi connectivity index (χ0v) is 13.3. The van der Waals surface area contributed by atoms with Crippen molar-refractivity contribution in [3.63, 3.8) is 0 Å². The molecule has 1 heterocycles. The van der Waals surface area contributed by atoms with Crippen LogP contribution in [0.3, 0.4) is 0 Å². The van der Waals surface area contributed by atoms with Gasteiger partial charge in [0.05, 0.1) is 14.3 Å². The van der Waals surface area contributed by atoms with Gasteiger partial charge < -0.3 is 10.5 Å². The largest absolute Gasteiger partial charge is 0.456 e. The Labute approximate surface area is 137 Å². The van der Waals surface area contributed by atoms with Crippen LogP contribution in [0.15, 0.2) is 34.1 Å². The summed E-state index contributed by atoms with van der Waals surface area (Å²) in [5.41, 5.74) is 4.96. The normalized spacial score (nSPS) is 10.2. The lowest BCUT2D eigenvalue weighted by atomic mass is 10.1. The van der Waals surface area contributed by atoms with Crippen LogP contribution in [0, 0.1) is 10.1 Å². The first-order chi connectivity index (χ1) is 10.4. The molecule has 1 aromatic carbocycles. The third-order valence-corrected chi connectivity index (χ3v) is 4.30. The van der Waals surface area contributed by atoms with Crippen molar-refractivity contribution in [2.45, 2.75) is 6.61 Å². The summed E-state index contributed by atoms with van der Waals surface area (Å²) in [7, 11) is 0. The Bertz CT molecular complexity index is 759. The van der Waals surface area contributed by atoms with Gasteiger partial charge in [0.25, 0.3) is 5.69 Å². The summed E-state index contributed by atoms with van der Waals surface area (Å²) in [6.07, 6.45) is 0. The monoisotopic (exact) mass is 384 g/mol. The fourth-order valence-electron chi connectivity index (χ4n) is 1.65. The molecule has 0 bridgehead atoms. The van der Waals surface area contributed by atoms with E-state index in [9.17, 15) is 19.7 Å². The first kappa shape index (κ1) is 16.1. The highest BCUT2D eigenvalue weighted by atomic mass is 79.9. The van der Waals surface area contributed by atoms with Crippen LogP contribution >= 0.6 is 27.3 Å². The van der Waals surface area contributed by atoms with Crippen molar-refractivity contribution in [1.29, 1.82) is 0 Å². The number of esters is 1. The van der Waals surface area contributed by atoms with Crippen LogP contribution in [0.4, 0.5) is 5.69 Å². The Kier molecular flexibility index (Phi) is 4.88. The number of thiophene rings is 1. The quantitative estimate of drug-likeness (QED) is 0.483. The maximum atomic E-state index is 11.8. The number of halogens is 1. The lowest BCUT2D eigenvalue weighted by Crippen LogP contribution is -2.12. The standard InChI is InChI=1S/C13H9BrN2O5S/c14-11-4-3-10(22-11)13(18)21-6-8-2-1-7(12(15)17)5-9(8)16(19)20/h1-5H,6H2,(H2,15,17). The van der Waals surface area contributed by atoms with Crippen LogP contribution in [0.1, 0.15) is 25.6 Å². The van der Waals surface area contributed by atoms with Crippen LogP contribution < -0.4 is 5.73 Å². The molecule has 2 N–H and O–H groups in total.